The van der Waals surface area contributed by atoms with Crippen molar-refractivity contribution >= 4 is 43.6 Å². The van der Waals surface area contributed by atoms with Crippen molar-refractivity contribution in [3.05, 3.63) is 156 Å². The lowest BCUT2D eigenvalue weighted by atomic mass is 9.78. The van der Waals surface area contributed by atoms with Crippen LogP contribution in [0.3, 0.4) is 0 Å². The van der Waals surface area contributed by atoms with E-state index in [-0.39, 0.29) is 0 Å². The van der Waals surface area contributed by atoms with Crippen molar-refractivity contribution in [2.45, 2.75) is 18.8 Å². The molecule has 1 atom stereocenters. The van der Waals surface area contributed by atoms with Crippen LogP contribution < -0.4 is 0 Å². The normalized spacial score (nSPS) is 14.7. The number of aromatic nitrogens is 4. The van der Waals surface area contributed by atoms with Gasteiger partial charge in [-0.25, -0.2) is 9.97 Å². The third-order valence-corrected chi connectivity index (χ3v) is 10.7. The van der Waals surface area contributed by atoms with Crippen LogP contribution in [0, 0.1) is 0 Å². The molecule has 0 saturated carbocycles. The Kier molecular flexibility index (Phi) is 5.25. The SMILES string of the molecule is c1ccc(-c2nc(-n3c4ccccc4c4cc5c6c(c43)-c3ccc4ccccc4c3C(CC6)c3ccccc3-5)nc3cccnc23)cc1. The molecule has 9 aromatic rings. The zero-order valence-corrected chi connectivity index (χ0v) is 26.1. The number of nitrogens with zero attached hydrogens (tertiary/aromatic N) is 4. The van der Waals surface area contributed by atoms with E-state index in [0.717, 1.165) is 40.6 Å². The molecular weight excluding hydrogens is 585 g/mol. The maximum absolute atomic E-state index is 5.37. The van der Waals surface area contributed by atoms with Gasteiger partial charge in [-0.15, -0.1) is 0 Å². The van der Waals surface area contributed by atoms with E-state index in [1.807, 2.05) is 24.4 Å². The van der Waals surface area contributed by atoms with Gasteiger partial charge in [-0.3, -0.25) is 9.55 Å². The molecule has 48 heavy (non-hydrogen) atoms. The fourth-order valence-corrected chi connectivity index (χ4v) is 8.70. The maximum Gasteiger partial charge on any atom is 0.235 e. The Morgan fingerprint density at radius 3 is 2.38 bits per heavy atom. The Bertz CT molecular complexity index is 2790. The molecule has 0 N–H and O–H groups in total. The van der Waals surface area contributed by atoms with E-state index in [4.69, 9.17) is 15.0 Å². The number of para-hydroxylation sites is 1. The Morgan fingerprint density at radius 1 is 0.625 bits per heavy atom. The van der Waals surface area contributed by atoms with Gasteiger partial charge in [0.1, 0.15) is 11.2 Å². The van der Waals surface area contributed by atoms with Crippen molar-refractivity contribution in [3.8, 4) is 39.5 Å². The molecule has 3 aromatic heterocycles. The highest BCUT2D eigenvalue weighted by Crippen LogP contribution is 2.55. The summed E-state index contributed by atoms with van der Waals surface area (Å²) in [4.78, 5) is 15.4. The lowest BCUT2D eigenvalue weighted by Gasteiger charge is -2.26. The quantitative estimate of drug-likeness (QED) is 0.195. The summed E-state index contributed by atoms with van der Waals surface area (Å²) in [6, 6.07) is 48.3. The van der Waals surface area contributed by atoms with Crippen LogP contribution in [0.1, 0.15) is 29.0 Å². The Labute approximate surface area is 277 Å². The summed E-state index contributed by atoms with van der Waals surface area (Å²) in [5, 5.41) is 5.05. The summed E-state index contributed by atoms with van der Waals surface area (Å²) in [6.45, 7) is 0. The van der Waals surface area contributed by atoms with Gasteiger partial charge in [-0.05, 0) is 81.3 Å². The molecule has 0 aliphatic heterocycles. The zero-order chi connectivity index (χ0) is 31.3. The number of fused-ring (bicyclic) bond motifs is 15. The van der Waals surface area contributed by atoms with Crippen LogP contribution in [0.25, 0.3) is 83.1 Å². The molecule has 0 spiro atoms. The van der Waals surface area contributed by atoms with Gasteiger partial charge in [-0.2, -0.15) is 0 Å². The lowest BCUT2D eigenvalue weighted by molar-refractivity contribution is 0.740. The third-order valence-electron chi connectivity index (χ3n) is 10.7. The van der Waals surface area contributed by atoms with Crippen molar-refractivity contribution in [1.29, 1.82) is 0 Å². The van der Waals surface area contributed by atoms with Crippen LogP contribution in [0.15, 0.2) is 140 Å². The number of hydrogen-bond donors (Lipinski definition) is 0. The Hall–Kier alpha value is -6.13. The van der Waals surface area contributed by atoms with Crippen LogP contribution >= 0.6 is 0 Å². The molecule has 3 heterocycles. The van der Waals surface area contributed by atoms with E-state index in [2.05, 4.69) is 120 Å². The first-order valence-electron chi connectivity index (χ1n) is 16.7. The highest BCUT2D eigenvalue weighted by molar-refractivity contribution is 6.17. The number of rotatable bonds is 2. The molecule has 0 fully saturated rings. The topological polar surface area (TPSA) is 43.6 Å². The minimum Gasteiger partial charge on any atom is -0.277 e. The Morgan fingerprint density at radius 2 is 1.44 bits per heavy atom. The molecular formula is C44H28N4. The largest absolute Gasteiger partial charge is 0.277 e. The molecule has 0 radical (unpaired) electrons. The third kappa shape index (κ3) is 3.46. The molecule has 11 rings (SSSR count). The smallest absolute Gasteiger partial charge is 0.235 e. The molecule has 4 heteroatoms. The molecule has 4 nitrogen and oxygen atoms in total. The van der Waals surface area contributed by atoms with Crippen LogP contribution in [-0.4, -0.2) is 19.5 Å². The second kappa shape index (κ2) is 9.69. The van der Waals surface area contributed by atoms with Gasteiger partial charge in [0, 0.05) is 34.0 Å². The lowest BCUT2D eigenvalue weighted by Crippen LogP contribution is -2.07. The molecule has 224 valence electrons. The van der Waals surface area contributed by atoms with Crippen molar-refractivity contribution in [1.82, 2.24) is 19.5 Å². The summed E-state index contributed by atoms with van der Waals surface area (Å²) in [7, 11) is 0. The number of benzene rings is 6. The fraction of sp³-hybridized carbons (Fsp3) is 0.0682. The maximum atomic E-state index is 5.37. The predicted octanol–water partition coefficient (Wildman–Crippen LogP) is 10.7. The van der Waals surface area contributed by atoms with Gasteiger partial charge < -0.3 is 0 Å². The molecule has 2 bridgehead atoms. The predicted molar refractivity (Wildman–Crippen MR) is 196 cm³/mol. The second-order valence-corrected chi connectivity index (χ2v) is 13.1. The fourth-order valence-electron chi connectivity index (χ4n) is 8.70. The van der Waals surface area contributed by atoms with Crippen molar-refractivity contribution in [2.24, 2.45) is 0 Å². The highest BCUT2D eigenvalue weighted by Gasteiger charge is 2.35. The Balaban J connectivity index is 1.36. The van der Waals surface area contributed by atoms with Crippen LogP contribution in [0.5, 0.6) is 0 Å². The molecule has 2 aliphatic rings. The van der Waals surface area contributed by atoms with Crippen molar-refractivity contribution in [3.63, 3.8) is 0 Å². The van der Waals surface area contributed by atoms with Gasteiger partial charge >= 0.3 is 0 Å². The van der Waals surface area contributed by atoms with Crippen molar-refractivity contribution < 1.29 is 0 Å². The van der Waals surface area contributed by atoms with E-state index in [0.29, 0.717) is 11.9 Å². The first kappa shape index (κ1) is 26.0. The first-order valence-corrected chi connectivity index (χ1v) is 16.7. The van der Waals surface area contributed by atoms with Gasteiger partial charge in [0.05, 0.1) is 16.6 Å². The molecule has 6 aromatic carbocycles. The number of pyridine rings is 1. The average molecular weight is 613 g/mol. The van der Waals surface area contributed by atoms with E-state index >= 15 is 0 Å². The molecule has 2 aliphatic carbocycles. The van der Waals surface area contributed by atoms with E-state index in [1.54, 1.807) is 0 Å². The average Bonchev–Trinajstić information content (AvgIpc) is 3.26. The standard InChI is InChI=1S/C44H28N4/c1-2-12-27(13-3-1)41-42-37(18-10-24-45-42)46-44(47-41)48-38-19-9-8-17-31(38)36-25-35-30-16-7-6-15-29(30)32-22-23-33(35)40(43(36)48)34-21-20-26-11-4-5-14-28(26)39(32)34/h1-21,24-25,32H,22-23H2. The summed E-state index contributed by atoms with van der Waals surface area (Å²) in [5.41, 5.74) is 15.4. The summed E-state index contributed by atoms with van der Waals surface area (Å²) in [6.07, 6.45) is 3.90. The van der Waals surface area contributed by atoms with Gasteiger partial charge in [0.15, 0.2) is 0 Å². The van der Waals surface area contributed by atoms with Gasteiger partial charge in [0.25, 0.3) is 0 Å². The molecule has 0 saturated heterocycles. The van der Waals surface area contributed by atoms with E-state index in [9.17, 15) is 0 Å². The molecule has 1 unspecified atom stereocenters. The zero-order valence-electron chi connectivity index (χ0n) is 26.1. The van der Waals surface area contributed by atoms with Crippen molar-refractivity contribution in [2.75, 3.05) is 0 Å². The summed E-state index contributed by atoms with van der Waals surface area (Å²) in [5.74, 6) is 0.962. The van der Waals surface area contributed by atoms with Crippen LogP contribution in [0.4, 0.5) is 0 Å². The second-order valence-electron chi connectivity index (χ2n) is 13.1. The van der Waals surface area contributed by atoms with Crippen LogP contribution in [0.2, 0.25) is 0 Å². The van der Waals surface area contributed by atoms with E-state index in [1.165, 1.54) is 66.0 Å². The first-order chi connectivity index (χ1) is 23.8. The minimum absolute atomic E-state index is 0.299. The van der Waals surface area contributed by atoms with E-state index < -0.39 is 0 Å². The monoisotopic (exact) mass is 612 g/mol. The number of hydrogen-bond acceptors (Lipinski definition) is 3. The summed E-state index contributed by atoms with van der Waals surface area (Å²) < 4.78 is 2.33. The van der Waals surface area contributed by atoms with Crippen LogP contribution in [-0.2, 0) is 6.42 Å². The minimum atomic E-state index is 0.299. The highest BCUT2D eigenvalue weighted by atomic mass is 15.2. The van der Waals surface area contributed by atoms with Gasteiger partial charge in [-0.1, -0.05) is 109 Å². The summed E-state index contributed by atoms with van der Waals surface area (Å²) >= 11 is 0. The van der Waals surface area contributed by atoms with Gasteiger partial charge in [0.2, 0.25) is 5.95 Å². The molecule has 0 amide bonds.